The molecular formula is C19H14N2O3. The Bertz CT molecular complexity index is 846. The SMILES string of the molecule is N#Cc1ccc(C2CC(=O)C=CN2c2ccc(C(=O)O)cc2)cc1. The van der Waals surface area contributed by atoms with Crippen LogP contribution >= 0.6 is 0 Å². The van der Waals surface area contributed by atoms with Crippen LogP contribution in [0.15, 0.2) is 60.8 Å². The average Bonchev–Trinajstić information content (AvgIpc) is 2.62. The molecule has 1 heterocycles. The summed E-state index contributed by atoms with van der Waals surface area (Å²) in [6, 6.07) is 15.5. The quantitative estimate of drug-likeness (QED) is 0.939. The molecule has 0 aromatic heterocycles. The van der Waals surface area contributed by atoms with E-state index in [1.807, 2.05) is 17.0 Å². The molecule has 0 radical (unpaired) electrons. The van der Waals surface area contributed by atoms with E-state index in [0.717, 1.165) is 11.3 Å². The van der Waals surface area contributed by atoms with E-state index in [-0.39, 0.29) is 17.4 Å². The summed E-state index contributed by atoms with van der Waals surface area (Å²) in [5, 5.41) is 17.9. The number of nitrogens with zero attached hydrogens (tertiary/aromatic N) is 2. The number of hydrogen-bond donors (Lipinski definition) is 1. The number of carbonyl (C=O) groups is 2. The van der Waals surface area contributed by atoms with Crippen molar-refractivity contribution >= 4 is 17.4 Å². The first-order valence-corrected chi connectivity index (χ1v) is 7.41. The lowest BCUT2D eigenvalue weighted by atomic mass is 9.96. The number of aromatic carboxylic acids is 1. The van der Waals surface area contributed by atoms with Crippen LogP contribution in [-0.2, 0) is 4.79 Å². The third-order valence-corrected chi connectivity index (χ3v) is 3.99. The first-order valence-electron chi connectivity index (χ1n) is 7.41. The number of ketones is 1. The van der Waals surface area contributed by atoms with Crippen LogP contribution in [0.1, 0.15) is 33.9 Å². The molecule has 24 heavy (non-hydrogen) atoms. The van der Waals surface area contributed by atoms with Crippen molar-refractivity contribution in [1.82, 2.24) is 0 Å². The van der Waals surface area contributed by atoms with Gasteiger partial charge in [0.25, 0.3) is 0 Å². The Labute approximate surface area is 139 Å². The molecule has 2 aromatic carbocycles. The maximum absolute atomic E-state index is 11.8. The highest BCUT2D eigenvalue weighted by Crippen LogP contribution is 2.33. The van der Waals surface area contributed by atoms with Crippen molar-refractivity contribution in [3.63, 3.8) is 0 Å². The van der Waals surface area contributed by atoms with E-state index in [2.05, 4.69) is 6.07 Å². The van der Waals surface area contributed by atoms with Crippen molar-refractivity contribution in [2.24, 2.45) is 0 Å². The molecule has 5 heteroatoms. The second-order valence-electron chi connectivity index (χ2n) is 5.50. The lowest BCUT2D eigenvalue weighted by Gasteiger charge is -2.33. The van der Waals surface area contributed by atoms with Crippen LogP contribution in [0, 0.1) is 11.3 Å². The predicted octanol–water partition coefficient (Wildman–Crippen LogP) is 3.29. The van der Waals surface area contributed by atoms with Gasteiger partial charge in [-0.25, -0.2) is 4.79 Å². The van der Waals surface area contributed by atoms with Crippen LogP contribution in [-0.4, -0.2) is 16.9 Å². The van der Waals surface area contributed by atoms with E-state index in [1.165, 1.54) is 18.2 Å². The minimum absolute atomic E-state index is 0.0303. The van der Waals surface area contributed by atoms with Gasteiger partial charge in [-0.2, -0.15) is 5.26 Å². The monoisotopic (exact) mass is 318 g/mol. The number of carboxylic acids is 1. The summed E-state index contributed by atoms with van der Waals surface area (Å²) < 4.78 is 0. The standard InChI is InChI=1S/C19H14N2O3/c20-12-13-1-3-14(4-2-13)18-11-17(22)9-10-21(18)16-7-5-15(6-8-16)19(23)24/h1-10,18H,11H2,(H,23,24). The molecular weight excluding hydrogens is 304 g/mol. The van der Waals surface area contributed by atoms with Crippen LogP contribution in [0.4, 0.5) is 5.69 Å². The molecule has 0 fully saturated rings. The van der Waals surface area contributed by atoms with Gasteiger partial charge in [-0.05, 0) is 48.0 Å². The maximum Gasteiger partial charge on any atom is 0.335 e. The molecule has 0 aliphatic carbocycles. The summed E-state index contributed by atoms with van der Waals surface area (Å²) in [6.45, 7) is 0. The zero-order valence-electron chi connectivity index (χ0n) is 12.7. The molecule has 0 saturated heterocycles. The van der Waals surface area contributed by atoms with Crippen molar-refractivity contribution in [2.45, 2.75) is 12.5 Å². The molecule has 0 saturated carbocycles. The average molecular weight is 318 g/mol. The normalized spacial score (nSPS) is 16.7. The number of allylic oxidation sites excluding steroid dienone is 1. The number of hydrogen-bond acceptors (Lipinski definition) is 4. The summed E-state index contributed by atoms with van der Waals surface area (Å²) in [7, 11) is 0. The van der Waals surface area contributed by atoms with E-state index in [0.29, 0.717) is 12.0 Å². The Hall–Kier alpha value is -3.39. The van der Waals surface area contributed by atoms with Crippen LogP contribution < -0.4 is 4.90 Å². The number of nitriles is 1. The highest BCUT2D eigenvalue weighted by Gasteiger charge is 2.25. The van der Waals surface area contributed by atoms with Crippen molar-refractivity contribution in [2.75, 3.05) is 4.90 Å². The summed E-state index contributed by atoms with van der Waals surface area (Å²) in [6.07, 6.45) is 3.55. The van der Waals surface area contributed by atoms with Gasteiger partial charge in [0.05, 0.1) is 23.2 Å². The van der Waals surface area contributed by atoms with Crippen LogP contribution in [0.2, 0.25) is 0 Å². The minimum Gasteiger partial charge on any atom is -0.478 e. The van der Waals surface area contributed by atoms with Crippen LogP contribution in [0.3, 0.4) is 0 Å². The molecule has 3 rings (SSSR count). The van der Waals surface area contributed by atoms with Crippen LogP contribution in [0.25, 0.3) is 0 Å². The first kappa shape index (κ1) is 15.5. The van der Waals surface area contributed by atoms with Gasteiger partial charge in [0.15, 0.2) is 5.78 Å². The second kappa shape index (κ2) is 6.39. The van der Waals surface area contributed by atoms with Gasteiger partial charge < -0.3 is 10.0 Å². The van der Waals surface area contributed by atoms with Crippen molar-refractivity contribution in [3.8, 4) is 6.07 Å². The van der Waals surface area contributed by atoms with Gasteiger partial charge in [-0.1, -0.05) is 12.1 Å². The second-order valence-corrected chi connectivity index (χ2v) is 5.50. The molecule has 0 bridgehead atoms. The van der Waals surface area contributed by atoms with E-state index >= 15 is 0 Å². The number of benzene rings is 2. The van der Waals surface area contributed by atoms with Crippen molar-refractivity contribution in [3.05, 3.63) is 77.5 Å². The van der Waals surface area contributed by atoms with Gasteiger partial charge in [0.1, 0.15) is 0 Å². The fourth-order valence-corrected chi connectivity index (χ4v) is 2.72. The van der Waals surface area contributed by atoms with Gasteiger partial charge >= 0.3 is 5.97 Å². The third kappa shape index (κ3) is 3.03. The van der Waals surface area contributed by atoms with Gasteiger partial charge in [-0.15, -0.1) is 0 Å². The minimum atomic E-state index is -0.977. The summed E-state index contributed by atoms with van der Waals surface area (Å²) in [5.74, 6) is -0.947. The smallest absolute Gasteiger partial charge is 0.335 e. The van der Waals surface area contributed by atoms with Crippen molar-refractivity contribution in [1.29, 1.82) is 5.26 Å². The fourth-order valence-electron chi connectivity index (χ4n) is 2.72. The molecule has 0 spiro atoms. The molecule has 2 aromatic rings. The number of carboxylic acid groups (broad SMARTS) is 1. The highest BCUT2D eigenvalue weighted by atomic mass is 16.4. The highest BCUT2D eigenvalue weighted by molar-refractivity contribution is 5.93. The topological polar surface area (TPSA) is 81.4 Å². The molecule has 0 amide bonds. The first-order chi connectivity index (χ1) is 11.6. The van der Waals surface area contributed by atoms with E-state index in [1.54, 1.807) is 30.5 Å². The molecule has 1 atom stereocenters. The predicted molar refractivity (Wildman–Crippen MR) is 88.5 cm³/mol. The summed E-state index contributed by atoms with van der Waals surface area (Å²) in [4.78, 5) is 24.8. The molecule has 1 aliphatic heterocycles. The van der Waals surface area contributed by atoms with Crippen molar-refractivity contribution < 1.29 is 14.7 Å². The lowest BCUT2D eigenvalue weighted by Crippen LogP contribution is -2.29. The number of carbonyl (C=O) groups excluding carboxylic acids is 1. The zero-order chi connectivity index (χ0) is 17.1. The molecule has 1 N–H and O–H groups in total. The van der Waals surface area contributed by atoms with E-state index in [9.17, 15) is 9.59 Å². The molecule has 1 unspecified atom stereocenters. The van der Waals surface area contributed by atoms with Crippen LogP contribution in [0.5, 0.6) is 0 Å². The van der Waals surface area contributed by atoms with Gasteiger partial charge in [0.2, 0.25) is 0 Å². The Kier molecular flexibility index (Phi) is 4.13. The van der Waals surface area contributed by atoms with E-state index in [4.69, 9.17) is 10.4 Å². The Balaban J connectivity index is 1.96. The fraction of sp³-hybridized carbons (Fsp3) is 0.105. The third-order valence-electron chi connectivity index (χ3n) is 3.99. The lowest BCUT2D eigenvalue weighted by molar-refractivity contribution is -0.115. The van der Waals surface area contributed by atoms with Gasteiger partial charge in [0, 0.05) is 18.3 Å². The van der Waals surface area contributed by atoms with E-state index < -0.39 is 5.97 Å². The number of anilines is 1. The Morgan fingerprint density at radius 2 is 1.79 bits per heavy atom. The summed E-state index contributed by atoms with van der Waals surface area (Å²) >= 11 is 0. The maximum atomic E-state index is 11.8. The number of rotatable bonds is 3. The molecule has 1 aliphatic rings. The Morgan fingerprint density at radius 1 is 1.12 bits per heavy atom. The molecule has 118 valence electrons. The largest absolute Gasteiger partial charge is 0.478 e. The molecule has 5 nitrogen and oxygen atoms in total. The summed E-state index contributed by atoms with van der Waals surface area (Å²) in [5.41, 5.74) is 2.51. The van der Waals surface area contributed by atoms with Gasteiger partial charge in [-0.3, -0.25) is 4.79 Å². The zero-order valence-corrected chi connectivity index (χ0v) is 12.7. The Morgan fingerprint density at radius 3 is 2.38 bits per heavy atom.